The molecule has 1 fully saturated rings. The third-order valence-corrected chi connectivity index (χ3v) is 2.71. The first kappa shape index (κ1) is 10.6. The average molecular weight is 290 g/mol. The van der Waals surface area contributed by atoms with Gasteiger partial charge in [-0.15, -0.1) is 0 Å². The van der Waals surface area contributed by atoms with E-state index < -0.39 is 30.7 Å². The molecule has 4 N–H and O–H groups in total. The second-order valence-electron chi connectivity index (χ2n) is 2.69. The molecule has 1 aliphatic heterocycles. The van der Waals surface area contributed by atoms with Crippen molar-refractivity contribution in [3.05, 3.63) is 0 Å². The second kappa shape index (κ2) is 4.16. The van der Waals surface area contributed by atoms with Gasteiger partial charge in [0.05, 0.1) is 6.10 Å². The standard InChI is InChI=1S/C6H11IO5/c7-1-2-3(8)4(9)5(10)6(11)12-2/h2-6,8-11H,1H2/t2-,3+,4+,5+,6-/m1/s1. The van der Waals surface area contributed by atoms with E-state index in [1.807, 2.05) is 22.6 Å². The Morgan fingerprint density at radius 2 is 1.58 bits per heavy atom. The molecule has 0 spiro atoms. The Kier molecular flexibility index (Phi) is 3.68. The molecule has 12 heavy (non-hydrogen) atoms. The van der Waals surface area contributed by atoms with Crippen LogP contribution in [0.3, 0.4) is 0 Å². The van der Waals surface area contributed by atoms with E-state index in [0.717, 1.165) is 0 Å². The summed E-state index contributed by atoms with van der Waals surface area (Å²) in [5.41, 5.74) is 0. The maximum absolute atomic E-state index is 9.27. The zero-order chi connectivity index (χ0) is 9.30. The molecule has 1 aliphatic rings. The predicted molar refractivity (Wildman–Crippen MR) is 47.8 cm³/mol. The van der Waals surface area contributed by atoms with E-state index in [-0.39, 0.29) is 0 Å². The predicted octanol–water partition coefficient (Wildman–Crippen LogP) is -1.78. The molecule has 5 nitrogen and oxygen atoms in total. The molecule has 0 amide bonds. The van der Waals surface area contributed by atoms with Crippen molar-refractivity contribution in [2.75, 3.05) is 4.43 Å². The van der Waals surface area contributed by atoms with Gasteiger partial charge in [0.1, 0.15) is 18.3 Å². The fraction of sp³-hybridized carbons (Fsp3) is 1.00. The Labute approximate surface area is 83.1 Å². The van der Waals surface area contributed by atoms with Gasteiger partial charge in [-0.3, -0.25) is 0 Å². The van der Waals surface area contributed by atoms with Gasteiger partial charge in [0.2, 0.25) is 0 Å². The smallest absolute Gasteiger partial charge is 0.183 e. The molecule has 1 rings (SSSR count). The number of ether oxygens (including phenoxy) is 1. The second-order valence-corrected chi connectivity index (χ2v) is 3.57. The van der Waals surface area contributed by atoms with Gasteiger partial charge in [0.15, 0.2) is 6.29 Å². The minimum Gasteiger partial charge on any atom is -0.388 e. The van der Waals surface area contributed by atoms with E-state index in [1.165, 1.54) is 0 Å². The van der Waals surface area contributed by atoms with Gasteiger partial charge in [0.25, 0.3) is 0 Å². The van der Waals surface area contributed by atoms with Gasteiger partial charge in [-0.05, 0) is 0 Å². The summed E-state index contributed by atoms with van der Waals surface area (Å²) in [6, 6.07) is 0. The van der Waals surface area contributed by atoms with Crippen molar-refractivity contribution in [2.45, 2.75) is 30.7 Å². The van der Waals surface area contributed by atoms with Crippen molar-refractivity contribution in [1.82, 2.24) is 0 Å². The molecule has 6 heteroatoms. The number of hydrogen-bond donors (Lipinski definition) is 4. The van der Waals surface area contributed by atoms with Gasteiger partial charge in [-0.2, -0.15) is 0 Å². The van der Waals surface area contributed by atoms with Gasteiger partial charge in [-0.25, -0.2) is 0 Å². The lowest BCUT2D eigenvalue weighted by Crippen LogP contribution is -2.57. The Morgan fingerprint density at radius 3 is 2.08 bits per heavy atom. The maximum atomic E-state index is 9.27. The number of hydrogen-bond acceptors (Lipinski definition) is 5. The highest BCUT2D eigenvalue weighted by Gasteiger charge is 2.42. The van der Waals surface area contributed by atoms with E-state index in [2.05, 4.69) is 0 Å². The number of halogens is 1. The van der Waals surface area contributed by atoms with E-state index in [0.29, 0.717) is 4.43 Å². The highest BCUT2D eigenvalue weighted by molar-refractivity contribution is 14.1. The fourth-order valence-corrected chi connectivity index (χ4v) is 1.79. The topological polar surface area (TPSA) is 90.2 Å². The lowest BCUT2D eigenvalue weighted by Gasteiger charge is -2.37. The third-order valence-electron chi connectivity index (χ3n) is 1.84. The Morgan fingerprint density at radius 1 is 1.00 bits per heavy atom. The van der Waals surface area contributed by atoms with Crippen LogP contribution in [0.1, 0.15) is 0 Å². The summed E-state index contributed by atoms with van der Waals surface area (Å²) in [6.07, 6.45) is -5.95. The zero-order valence-corrected chi connectivity index (χ0v) is 8.33. The van der Waals surface area contributed by atoms with E-state index in [1.54, 1.807) is 0 Å². The van der Waals surface area contributed by atoms with Crippen LogP contribution in [0.2, 0.25) is 0 Å². The van der Waals surface area contributed by atoms with Crippen LogP contribution >= 0.6 is 22.6 Å². The molecule has 0 aromatic carbocycles. The zero-order valence-electron chi connectivity index (χ0n) is 6.17. The molecular weight excluding hydrogens is 279 g/mol. The summed E-state index contributed by atoms with van der Waals surface area (Å²) < 4.78 is 5.26. The van der Waals surface area contributed by atoms with Gasteiger partial charge in [-0.1, -0.05) is 22.6 Å². The number of rotatable bonds is 1. The molecule has 0 aromatic heterocycles. The molecule has 72 valence electrons. The van der Waals surface area contributed by atoms with Gasteiger partial charge in [0, 0.05) is 4.43 Å². The summed E-state index contributed by atoms with van der Waals surface area (Å²) in [7, 11) is 0. The molecule has 0 saturated carbocycles. The van der Waals surface area contributed by atoms with Crippen LogP contribution in [-0.4, -0.2) is 55.6 Å². The molecule has 0 aliphatic carbocycles. The Bertz CT molecular complexity index is 150. The van der Waals surface area contributed by atoms with Crippen LogP contribution in [0.4, 0.5) is 0 Å². The SMILES string of the molecule is O[C@H]1[C@@H](O)[C@@H](CI)O[C@@H](O)[C@H]1O. The first-order valence-electron chi connectivity index (χ1n) is 3.51. The highest BCUT2D eigenvalue weighted by atomic mass is 127. The van der Waals surface area contributed by atoms with Crippen molar-refractivity contribution >= 4 is 22.6 Å². The minimum absolute atomic E-state index is 0.444. The van der Waals surface area contributed by atoms with Crippen molar-refractivity contribution < 1.29 is 25.2 Å². The van der Waals surface area contributed by atoms with Crippen LogP contribution in [0.5, 0.6) is 0 Å². The normalized spacial score (nSPS) is 49.2. The molecule has 1 heterocycles. The number of alkyl halides is 1. The largest absolute Gasteiger partial charge is 0.388 e. The fourth-order valence-electron chi connectivity index (χ4n) is 1.06. The molecule has 0 bridgehead atoms. The van der Waals surface area contributed by atoms with Gasteiger partial charge >= 0.3 is 0 Å². The lowest BCUT2D eigenvalue weighted by molar-refractivity contribution is -0.275. The lowest BCUT2D eigenvalue weighted by atomic mass is 10.0. The number of aliphatic hydroxyl groups is 4. The van der Waals surface area contributed by atoms with Crippen molar-refractivity contribution in [2.24, 2.45) is 0 Å². The average Bonchev–Trinajstić information content (AvgIpc) is 2.08. The summed E-state index contributed by atoms with van der Waals surface area (Å²) in [5.74, 6) is 0. The van der Waals surface area contributed by atoms with Crippen molar-refractivity contribution in [3.8, 4) is 0 Å². The Hall–Kier alpha value is 0.530. The monoisotopic (exact) mass is 290 g/mol. The summed E-state index contributed by atoms with van der Waals surface area (Å²) in [5, 5.41) is 36.5. The van der Waals surface area contributed by atoms with Crippen LogP contribution in [-0.2, 0) is 4.74 Å². The highest BCUT2D eigenvalue weighted by Crippen LogP contribution is 2.20. The summed E-state index contributed by atoms with van der Waals surface area (Å²) >= 11 is 1.96. The van der Waals surface area contributed by atoms with E-state index >= 15 is 0 Å². The van der Waals surface area contributed by atoms with Crippen LogP contribution in [0.15, 0.2) is 0 Å². The molecule has 1 saturated heterocycles. The first-order valence-corrected chi connectivity index (χ1v) is 5.04. The quantitative estimate of drug-likeness (QED) is 0.339. The first-order chi connectivity index (χ1) is 5.57. The molecule has 0 aromatic rings. The van der Waals surface area contributed by atoms with Gasteiger partial charge < -0.3 is 25.2 Å². The molecule has 0 radical (unpaired) electrons. The Balaban J connectivity index is 2.63. The van der Waals surface area contributed by atoms with Crippen molar-refractivity contribution in [1.29, 1.82) is 0 Å². The minimum atomic E-state index is -1.43. The molecule has 0 unspecified atom stereocenters. The summed E-state index contributed by atoms with van der Waals surface area (Å²) in [6.45, 7) is 0. The molecule has 5 atom stereocenters. The van der Waals surface area contributed by atoms with Crippen LogP contribution in [0.25, 0.3) is 0 Å². The van der Waals surface area contributed by atoms with Crippen molar-refractivity contribution in [3.63, 3.8) is 0 Å². The van der Waals surface area contributed by atoms with Crippen LogP contribution < -0.4 is 0 Å². The number of aliphatic hydroxyl groups excluding tert-OH is 4. The van der Waals surface area contributed by atoms with Crippen LogP contribution in [0, 0.1) is 0 Å². The third kappa shape index (κ3) is 1.88. The van der Waals surface area contributed by atoms with E-state index in [9.17, 15) is 10.2 Å². The summed E-state index contributed by atoms with van der Waals surface area (Å²) in [4.78, 5) is 0. The molecular formula is C6H11IO5. The van der Waals surface area contributed by atoms with E-state index in [4.69, 9.17) is 14.9 Å². The maximum Gasteiger partial charge on any atom is 0.183 e.